The van der Waals surface area contributed by atoms with Crippen LogP contribution in [0.4, 0.5) is 0 Å². The number of fused-ring (bicyclic) bond motifs is 1. The molecular weight excluding hydrogens is 294 g/mol. The number of aromatic amines is 1. The van der Waals surface area contributed by atoms with E-state index in [-0.39, 0.29) is 24.0 Å². The minimum atomic E-state index is -0.300. The Morgan fingerprint density at radius 2 is 2.00 bits per heavy atom. The largest absolute Gasteiger partial charge is 0.493 e. The third-order valence-electron chi connectivity index (χ3n) is 3.81. The van der Waals surface area contributed by atoms with E-state index in [4.69, 9.17) is 4.74 Å². The van der Waals surface area contributed by atoms with Crippen LogP contribution in [0.1, 0.15) is 36.6 Å². The minimum absolute atomic E-state index is 0.100. The number of hydrogen-bond donors (Lipinski definition) is 2. The first-order valence-corrected chi connectivity index (χ1v) is 7.50. The molecule has 0 spiro atoms. The van der Waals surface area contributed by atoms with Crippen molar-refractivity contribution in [2.24, 2.45) is 0 Å². The highest BCUT2D eigenvalue weighted by Gasteiger charge is 2.20. The number of nitrogens with zero attached hydrogens (tertiary/aromatic N) is 2. The molecule has 0 aliphatic carbocycles. The van der Waals surface area contributed by atoms with E-state index in [1.54, 1.807) is 0 Å². The van der Waals surface area contributed by atoms with Gasteiger partial charge in [0.2, 0.25) is 5.88 Å². The van der Waals surface area contributed by atoms with E-state index in [9.17, 15) is 9.90 Å². The van der Waals surface area contributed by atoms with Gasteiger partial charge in [-0.05, 0) is 25.0 Å². The topological polar surface area (TPSA) is 79.6 Å². The summed E-state index contributed by atoms with van der Waals surface area (Å²) in [5.74, 6) is 0.515. The number of rotatable bonds is 4. The summed E-state index contributed by atoms with van der Waals surface area (Å²) < 4.78 is 7.11. The van der Waals surface area contributed by atoms with Gasteiger partial charge < -0.3 is 14.8 Å². The molecule has 0 aliphatic heterocycles. The Bertz CT molecular complexity index is 895. The zero-order chi connectivity index (χ0) is 16.6. The maximum Gasteiger partial charge on any atom is 0.258 e. The van der Waals surface area contributed by atoms with Crippen LogP contribution < -0.4 is 10.3 Å². The second-order valence-corrected chi connectivity index (χ2v) is 5.77. The van der Waals surface area contributed by atoms with Gasteiger partial charge in [0, 0.05) is 0 Å². The van der Waals surface area contributed by atoms with Gasteiger partial charge in [-0.25, -0.2) is 0 Å². The fourth-order valence-corrected chi connectivity index (χ4v) is 2.60. The fourth-order valence-electron chi connectivity index (χ4n) is 2.60. The molecule has 0 fully saturated rings. The van der Waals surface area contributed by atoms with E-state index in [1.807, 2.05) is 51.1 Å². The zero-order valence-electron chi connectivity index (χ0n) is 13.3. The fraction of sp³-hybridized carbons (Fsp3) is 0.294. The minimum Gasteiger partial charge on any atom is -0.493 e. The Morgan fingerprint density at radius 1 is 1.30 bits per heavy atom. The number of benzene rings is 1. The van der Waals surface area contributed by atoms with Crippen LogP contribution in [0.15, 0.2) is 35.1 Å². The molecule has 6 nitrogen and oxygen atoms in total. The van der Waals surface area contributed by atoms with E-state index < -0.39 is 0 Å². The normalized spacial score (nSPS) is 11.3. The Labute approximate surface area is 133 Å². The maximum atomic E-state index is 12.2. The summed E-state index contributed by atoms with van der Waals surface area (Å²) >= 11 is 0. The van der Waals surface area contributed by atoms with Gasteiger partial charge in [-0.2, -0.15) is 9.61 Å². The molecule has 0 bridgehead atoms. The lowest BCUT2D eigenvalue weighted by molar-refractivity contribution is 0.306. The molecule has 1 aromatic carbocycles. The maximum absolute atomic E-state index is 12.2. The predicted octanol–water partition coefficient (Wildman–Crippen LogP) is 2.74. The Kier molecular flexibility index (Phi) is 3.82. The summed E-state index contributed by atoms with van der Waals surface area (Å²) in [6.45, 7) is 5.79. The second-order valence-electron chi connectivity index (χ2n) is 5.77. The smallest absolute Gasteiger partial charge is 0.258 e. The summed E-state index contributed by atoms with van der Waals surface area (Å²) in [6, 6.07) is 9.41. The standard InChI is InChI=1S/C17H19N3O3/c1-10(2)14-16(21)18-15-13(11(3)19-20(15)17(14)22)9-23-12-7-5-4-6-8-12/h4-8,10,22H,9H2,1-3H3,(H,18,21). The van der Waals surface area contributed by atoms with E-state index in [0.717, 1.165) is 11.3 Å². The van der Waals surface area contributed by atoms with Gasteiger partial charge in [-0.15, -0.1) is 0 Å². The quantitative estimate of drug-likeness (QED) is 0.776. The summed E-state index contributed by atoms with van der Waals surface area (Å²) in [5.41, 5.74) is 1.94. The molecule has 2 heterocycles. The van der Waals surface area contributed by atoms with Gasteiger partial charge in [-0.1, -0.05) is 32.0 Å². The van der Waals surface area contributed by atoms with Gasteiger partial charge in [-0.3, -0.25) is 4.79 Å². The molecule has 2 aromatic heterocycles. The Morgan fingerprint density at radius 3 is 2.65 bits per heavy atom. The molecule has 0 saturated carbocycles. The lowest BCUT2D eigenvalue weighted by atomic mass is 10.1. The average Bonchev–Trinajstić information content (AvgIpc) is 2.82. The molecule has 0 aliphatic rings. The third kappa shape index (κ3) is 2.67. The number of H-pyrrole nitrogens is 1. The van der Waals surface area contributed by atoms with Crippen LogP contribution in [0, 0.1) is 6.92 Å². The van der Waals surface area contributed by atoms with Crippen molar-refractivity contribution in [3.8, 4) is 11.6 Å². The predicted molar refractivity (Wildman–Crippen MR) is 87.1 cm³/mol. The van der Waals surface area contributed by atoms with Crippen LogP contribution in [0.5, 0.6) is 11.6 Å². The Balaban J connectivity index is 2.05. The molecule has 3 aromatic rings. The zero-order valence-corrected chi connectivity index (χ0v) is 13.3. The summed E-state index contributed by atoms with van der Waals surface area (Å²) in [6.07, 6.45) is 0. The summed E-state index contributed by atoms with van der Waals surface area (Å²) in [4.78, 5) is 15.0. The molecule has 0 saturated heterocycles. The van der Waals surface area contributed by atoms with Crippen LogP contribution in [-0.2, 0) is 6.61 Å². The van der Waals surface area contributed by atoms with Crippen molar-refractivity contribution < 1.29 is 9.84 Å². The second kappa shape index (κ2) is 5.79. The first-order chi connectivity index (χ1) is 11.0. The van der Waals surface area contributed by atoms with Crippen molar-refractivity contribution in [2.45, 2.75) is 33.3 Å². The number of para-hydroxylation sites is 1. The highest BCUT2D eigenvalue weighted by Crippen LogP contribution is 2.25. The molecule has 6 heteroatoms. The van der Waals surface area contributed by atoms with Gasteiger partial charge in [0.1, 0.15) is 18.0 Å². The lowest BCUT2D eigenvalue weighted by Crippen LogP contribution is -2.17. The Hall–Kier alpha value is -2.76. The summed E-state index contributed by atoms with van der Waals surface area (Å²) in [5, 5.41) is 14.7. The number of hydrogen-bond acceptors (Lipinski definition) is 4. The van der Waals surface area contributed by atoms with Crippen molar-refractivity contribution in [1.82, 2.24) is 14.6 Å². The van der Waals surface area contributed by atoms with Crippen molar-refractivity contribution >= 4 is 5.65 Å². The van der Waals surface area contributed by atoms with Crippen LogP contribution in [-0.4, -0.2) is 19.7 Å². The van der Waals surface area contributed by atoms with Crippen molar-refractivity contribution in [1.29, 1.82) is 0 Å². The number of nitrogens with one attached hydrogen (secondary N) is 1. The van der Waals surface area contributed by atoms with Crippen LogP contribution in [0.2, 0.25) is 0 Å². The first kappa shape index (κ1) is 15.1. The highest BCUT2D eigenvalue weighted by molar-refractivity contribution is 5.52. The molecule has 3 rings (SSSR count). The van der Waals surface area contributed by atoms with E-state index in [0.29, 0.717) is 16.9 Å². The monoisotopic (exact) mass is 313 g/mol. The molecule has 0 atom stereocenters. The lowest BCUT2D eigenvalue weighted by Gasteiger charge is -2.09. The highest BCUT2D eigenvalue weighted by atomic mass is 16.5. The number of ether oxygens (including phenoxy) is 1. The van der Waals surface area contributed by atoms with Crippen molar-refractivity contribution in [3.63, 3.8) is 0 Å². The first-order valence-electron chi connectivity index (χ1n) is 7.50. The molecule has 23 heavy (non-hydrogen) atoms. The number of aromatic hydroxyl groups is 1. The van der Waals surface area contributed by atoms with Crippen molar-refractivity contribution in [2.75, 3.05) is 0 Å². The number of aryl methyl sites for hydroxylation is 1. The van der Waals surface area contributed by atoms with Crippen molar-refractivity contribution in [3.05, 3.63) is 57.5 Å². The molecule has 0 unspecified atom stereocenters. The summed E-state index contributed by atoms with van der Waals surface area (Å²) in [7, 11) is 0. The van der Waals surface area contributed by atoms with E-state index in [1.165, 1.54) is 4.52 Å². The van der Waals surface area contributed by atoms with Crippen LogP contribution >= 0.6 is 0 Å². The molecule has 0 radical (unpaired) electrons. The third-order valence-corrected chi connectivity index (χ3v) is 3.81. The molecule has 120 valence electrons. The van der Waals surface area contributed by atoms with Crippen LogP contribution in [0.3, 0.4) is 0 Å². The molecule has 0 amide bonds. The SMILES string of the molecule is Cc1nn2c(O)c(C(C)C)c(=O)[nH]c2c1COc1ccccc1. The van der Waals surface area contributed by atoms with Gasteiger partial charge in [0.05, 0.1) is 16.8 Å². The van der Waals surface area contributed by atoms with E-state index in [2.05, 4.69) is 10.1 Å². The molecular formula is C17H19N3O3. The number of aromatic nitrogens is 3. The van der Waals surface area contributed by atoms with Gasteiger partial charge >= 0.3 is 0 Å². The molecule has 2 N–H and O–H groups in total. The van der Waals surface area contributed by atoms with E-state index >= 15 is 0 Å². The van der Waals surface area contributed by atoms with Crippen LogP contribution in [0.25, 0.3) is 5.65 Å². The van der Waals surface area contributed by atoms with Gasteiger partial charge in [0.15, 0.2) is 0 Å². The van der Waals surface area contributed by atoms with Gasteiger partial charge in [0.25, 0.3) is 5.56 Å². The average molecular weight is 313 g/mol.